The highest BCUT2D eigenvalue weighted by Gasteiger charge is 2.25. The van der Waals surface area contributed by atoms with Gasteiger partial charge in [0.25, 0.3) is 0 Å². The van der Waals surface area contributed by atoms with Crippen LogP contribution in [0, 0.1) is 11.8 Å². The summed E-state index contributed by atoms with van der Waals surface area (Å²) < 4.78 is 5.93. The van der Waals surface area contributed by atoms with Crippen LogP contribution in [0.2, 0.25) is 5.15 Å². The molecular formula is C13H18ClNO. The number of hydrogen-bond donors (Lipinski definition) is 0. The van der Waals surface area contributed by atoms with Crippen LogP contribution < -0.4 is 4.74 Å². The number of pyridine rings is 1. The predicted octanol–water partition coefficient (Wildman–Crippen LogP) is 3.94. The van der Waals surface area contributed by atoms with Crippen molar-refractivity contribution >= 4 is 11.6 Å². The van der Waals surface area contributed by atoms with E-state index in [0.717, 1.165) is 30.4 Å². The Kier molecular flexibility index (Phi) is 3.70. The van der Waals surface area contributed by atoms with Crippen molar-refractivity contribution in [3.63, 3.8) is 0 Å². The van der Waals surface area contributed by atoms with Gasteiger partial charge in [-0.25, -0.2) is 4.98 Å². The van der Waals surface area contributed by atoms with Crippen LogP contribution in [0.25, 0.3) is 0 Å². The summed E-state index contributed by atoms with van der Waals surface area (Å²) in [5, 5.41) is 0.512. The zero-order chi connectivity index (χ0) is 11.5. The molecule has 2 atom stereocenters. The molecule has 2 rings (SSSR count). The number of halogens is 1. The second-order valence-corrected chi connectivity index (χ2v) is 5.36. The van der Waals surface area contributed by atoms with Gasteiger partial charge in [0, 0.05) is 0 Å². The zero-order valence-electron chi connectivity index (χ0n) is 9.82. The number of nitrogens with zero attached hydrogens (tertiary/aromatic N) is 1. The summed E-state index contributed by atoms with van der Waals surface area (Å²) in [4.78, 5) is 4.02. The number of aromatic nitrogens is 1. The van der Waals surface area contributed by atoms with Crippen LogP contribution in [0.1, 0.15) is 33.1 Å². The van der Waals surface area contributed by atoms with Gasteiger partial charge in [0.05, 0.1) is 12.3 Å². The first-order valence-corrected chi connectivity index (χ1v) is 6.29. The van der Waals surface area contributed by atoms with E-state index in [-0.39, 0.29) is 0 Å². The third kappa shape index (κ3) is 3.11. The van der Waals surface area contributed by atoms with Crippen molar-refractivity contribution < 1.29 is 4.74 Å². The minimum atomic E-state index is 0.335. The standard InChI is InChI=1S/C13H18ClNO/c1-9-5-10(2)7-12(6-9)16-11-3-4-13(14)15-8-11/h3-4,8-10,12H,5-7H2,1-2H3. The van der Waals surface area contributed by atoms with E-state index in [1.807, 2.05) is 6.07 Å². The number of rotatable bonds is 2. The monoisotopic (exact) mass is 239 g/mol. The summed E-state index contributed by atoms with van der Waals surface area (Å²) in [6.45, 7) is 4.60. The molecule has 88 valence electrons. The molecule has 1 aromatic heterocycles. The third-order valence-corrected chi connectivity index (χ3v) is 3.36. The molecule has 2 unspecified atom stereocenters. The summed E-state index contributed by atoms with van der Waals surface area (Å²) in [6, 6.07) is 3.66. The normalized spacial score (nSPS) is 30.1. The molecule has 0 radical (unpaired) electrons. The summed E-state index contributed by atoms with van der Waals surface area (Å²) in [5.41, 5.74) is 0. The highest BCUT2D eigenvalue weighted by atomic mass is 35.5. The van der Waals surface area contributed by atoms with Gasteiger partial charge in [0.2, 0.25) is 0 Å². The smallest absolute Gasteiger partial charge is 0.138 e. The molecule has 0 amide bonds. The molecule has 1 fully saturated rings. The SMILES string of the molecule is CC1CC(C)CC(Oc2ccc(Cl)nc2)C1. The first kappa shape index (κ1) is 11.7. The Morgan fingerprint density at radius 3 is 2.44 bits per heavy atom. The van der Waals surface area contributed by atoms with Crippen LogP contribution in [0.4, 0.5) is 0 Å². The van der Waals surface area contributed by atoms with E-state index in [1.54, 1.807) is 12.3 Å². The molecule has 1 aliphatic rings. The van der Waals surface area contributed by atoms with Crippen molar-refractivity contribution in [1.29, 1.82) is 0 Å². The van der Waals surface area contributed by atoms with Gasteiger partial charge < -0.3 is 4.74 Å². The quantitative estimate of drug-likeness (QED) is 0.730. The highest BCUT2D eigenvalue weighted by molar-refractivity contribution is 6.29. The Bertz CT molecular complexity index is 328. The first-order chi connectivity index (χ1) is 7.63. The van der Waals surface area contributed by atoms with Crippen LogP contribution in [-0.4, -0.2) is 11.1 Å². The summed E-state index contributed by atoms with van der Waals surface area (Å²) in [6.07, 6.45) is 5.65. The molecule has 3 heteroatoms. The van der Waals surface area contributed by atoms with Gasteiger partial charge in [-0.05, 0) is 43.2 Å². The number of ether oxygens (including phenoxy) is 1. The zero-order valence-corrected chi connectivity index (χ0v) is 10.6. The van der Waals surface area contributed by atoms with Gasteiger partial charge in [-0.1, -0.05) is 25.4 Å². The van der Waals surface area contributed by atoms with E-state index in [9.17, 15) is 0 Å². The van der Waals surface area contributed by atoms with Gasteiger partial charge in [0.1, 0.15) is 10.9 Å². The Morgan fingerprint density at radius 1 is 1.19 bits per heavy atom. The molecule has 0 aromatic carbocycles. The lowest BCUT2D eigenvalue weighted by Crippen LogP contribution is -2.28. The summed E-state index contributed by atoms with van der Waals surface area (Å²) in [7, 11) is 0. The maximum absolute atomic E-state index is 5.93. The van der Waals surface area contributed by atoms with E-state index >= 15 is 0 Å². The minimum Gasteiger partial charge on any atom is -0.489 e. The van der Waals surface area contributed by atoms with Crippen molar-refractivity contribution in [3.05, 3.63) is 23.5 Å². The molecule has 0 N–H and O–H groups in total. The van der Waals surface area contributed by atoms with E-state index < -0.39 is 0 Å². The lowest BCUT2D eigenvalue weighted by Gasteiger charge is -2.31. The summed E-state index contributed by atoms with van der Waals surface area (Å²) in [5.74, 6) is 2.35. The van der Waals surface area contributed by atoms with Crippen LogP contribution in [0.3, 0.4) is 0 Å². The lowest BCUT2D eigenvalue weighted by molar-refractivity contribution is 0.101. The van der Waals surface area contributed by atoms with Gasteiger partial charge in [-0.3, -0.25) is 0 Å². The molecular weight excluding hydrogens is 222 g/mol. The van der Waals surface area contributed by atoms with Crippen LogP contribution >= 0.6 is 11.6 Å². The van der Waals surface area contributed by atoms with Crippen molar-refractivity contribution in [2.45, 2.75) is 39.2 Å². The maximum Gasteiger partial charge on any atom is 0.138 e. The highest BCUT2D eigenvalue weighted by Crippen LogP contribution is 2.31. The second-order valence-electron chi connectivity index (χ2n) is 4.97. The second kappa shape index (κ2) is 5.05. The fourth-order valence-electron chi connectivity index (χ4n) is 2.59. The minimum absolute atomic E-state index is 0.335. The van der Waals surface area contributed by atoms with Gasteiger partial charge in [0.15, 0.2) is 0 Å². The van der Waals surface area contributed by atoms with Crippen molar-refractivity contribution in [1.82, 2.24) is 4.98 Å². The Balaban J connectivity index is 1.96. The molecule has 16 heavy (non-hydrogen) atoms. The molecule has 0 saturated heterocycles. The van der Waals surface area contributed by atoms with E-state index in [2.05, 4.69) is 18.8 Å². The fraction of sp³-hybridized carbons (Fsp3) is 0.615. The molecule has 1 aliphatic carbocycles. The molecule has 0 spiro atoms. The Hall–Kier alpha value is -0.760. The lowest BCUT2D eigenvalue weighted by atomic mass is 9.82. The summed E-state index contributed by atoms with van der Waals surface area (Å²) >= 11 is 5.73. The Labute approximate surface area is 102 Å². The molecule has 2 nitrogen and oxygen atoms in total. The topological polar surface area (TPSA) is 22.1 Å². The van der Waals surface area contributed by atoms with E-state index in [0.29, 0.717) is 11.3 Å². The average molecular weight is 240 g/mol. The average Bonchev–Trinajstić information content (AvgIpc) is 2.20. The van der Waals surface area contributed by atoms with Crippen LogP contribution in [-0.2, 0) is 0 Å². The largest absolute Gasteiger partial charge is 0.489 e. The van der Waals surface area contributed by atoms with Crippen LogP contribution in [0.5, 0.6) is 5.75 Å². The maximum atomic E-state index is 5.93. The van der Waals surface area contributed by atoms with E-state index in [1.165, 1.54) is 6.42 Å². The van der Waals surface area contributed by atoms with Crippen molar-refractivity contribution in [2.75, 3.05) is 0 Å². The molecule has 1 heterocycles. The van der Waals surface area contributed by atoms with E-state index in [4.69, 9.17) is 16.3 Å². The fourth-order valence-corrected chi connectivity index (χ4v) is 2.71. The third-order valence-electron chi connectivity index (χ3n) is 3.14. The predicted molar refractivity (Wildman–Crippen MR) is 65.8 cm³/mol. The van der Waals surface area contributed by atoms with Crippen molar-refractivity contribution in [3.8, 4) is 5.75 Å². The van der Waals surface area contributed by atoms with Gasteiger partial charge in [-0.15, -0.1) is 0 Å². The number of hydrogen-bond acceptors (Lipinski definition) is 2. The van der Waals surface area contributed by atoms with Gasteiger partial charge >= 0.3 is 0 Å². The van der Waals surface area contributed by atoms with Crippen molar-refractivity contribution in [2.24, 2.45) is 11.8 Å². The molecule has 1 aromatic rings. The van der Waals surface area contributed by atoms with Crippen LogP contribution in [0.15, 0.2) is 18.3 Å². The molecule has 0 bridgehead atoms. The first-order valence-electron chi connectivity index (χ1n) is 5.91. The van der Waals surface area contributed by atoms with Gasteiger partial charge in [-0.2, -0.15) is 0 Å². The Morgan fingerprint density at radius 2 is 1.88 bits per heavy atom. The molecule has 1 saturated carbocycles. The molecule has 0 aliphatic heterocycles.